The van der Waals surface area contributed by atoms with Gasteiger partial charge < -0.3 is 9.47 Å². The minimum absolute atomic E-state index is 0.252. The fourth-order valence-electron chi connectivity index (χ4n) is 2.26. The van der Waals surface area contributed by atoms with E-state index in [4.69, 9.17) is 5.26 Å². The maximum atomic E-state index is 8.90. The van der Waals surface area contributed by atoms with Crippen LogP contribution < -0.4 is 0 Å². The van der Waals surface area contributed by atoms with Crippen molar-refractivity contribution in [3.8, 4) is 6.07 Å². The van der Waals surface area contributed by atoms with Gasteiger partial charge in [-0.3, -0.25) is 0 Å². The lowest BCUT2D eigenvalue weighted by atomic mass is 10.00. The van der Waals surface area contributed by atoms with Gasteiger partial charge in [0, 0.05) is 25.5 Å². The third-order valence-electron chi connectivity index (χ3n) is 3.14. The summed E-state index contributed by atoms with van der Waals surface area (Å²) in [4.78, 5) is 6.43. The van der Waals surface area contributed by atoms with Crippen LogP contribution in [0.15, 0.2) is 18.7 Å². The van der Waals surface area contributed by atoms with Crippen LogP contribution in [0.5, 0.6) is 0 Å². The molecule has 1 aromatic rings. The Balaban J connectivity index is 1.68. The Bertz CT molecular complexity index is 338. The molecule has 86 valence electrons. The van der Waals surface area contributed by atoms with E-state index < -0.39 is 0 Å². The molecule has 1 saturated heterocycles. The quantitative estimate of drug-likeness (QED) is 0.769. The molecule has 0 N–H and O–H groups in total. The Kier molecular flexibility index (Phi) is 3.95. The zero-order valence-corrected chi connectivity index (χ0v) is 9.55. The summed E-state index contributed by atoms with van der Waals surface area (Å²) in [6.07, 6.45) is 9.04. The van der Waals surface area contributed by atoms with E-state index in [1.165, 1.54) is 6.42 Å². The Morgan fingerprint density at radius 3 is 3.12 bits per heavy atom. The molecule has 0 radical (unpaired) electrons. The van der Waals surface area contributed by atoms with Crippen LogP contribution >= 0.6 is 0 Å². The van der Waals surface area contributed by atoms with Crippen LogP contribution in [-0.4, -0.2) is 34.1 Å². The van der Waals surface area contributed by atoms with Crippen molar-refractivity contribution in [1.82, 2.24) is 14.5 Å². The van der Waals surface area contributed by atoms with Gasteiger partial charge in [-0.15, -0.1) is 0 Å². The SMILES string of the molecule is N#CC1CCCN(CCCn2ccnc2)C1. The van der Waals surface area contributed by atoms with Gasteiger partial charge >= 0.3 is 0 Å². The molecule has 0 spiro atoms. The van der Waals surface area contributed by atoms with Crippen molar-refractivity contribution in [2.24, 2.45) is 5.92 Å². The number of hydrogen-bond acceptors (Lipinski definition) is 3. The maximum absolute atomic E-state index is 8.90. The maximum Gasteiger partial charge on any atom is 0.0945 e. The van der Waals surface area contributed by atoms with Gasteiger partial charge in [0.2, 0.25) is 0 Å². The van der Waals surface area contributed by atoms with Crippen molar-refractivity contribution in [2.75, 3.05) is 19.6 Å². The first kappa shape index (κ1) is 11.2. The minimum Gasteiger partial charge on any atom is -0.337 e. The molecule has 1 atom stereocenters. The second kappa shape index (κ2) is 5.66. The number of nitrogens with zero attached hydrogens (tertiary/aromatic N) is 4. The number of piperidine rings is 1. The summed E-state index contributed by atoms with van der Waals surface area (Å²) in [6, 6.07) is 2.38. The highest BCUT2D eigenvalue weighted by atomic mass is 15.1. The predicted octanol–water partition coefficient (Wildman–Crippen LogP) is 1.51. The van der Waals surface area contributed by atoms with Crippen molar-refractivity contribution in [1.29, 1.82) is 5.26 Å². The zero-order valence-electron chi connectivity index (χ0n) is 9.55. The predicted molar refractivity (Wildman–Crippen MR) is 61.6 cm³/mol. The fourth-order valence-corrected chi connectivity index (χ4v) is 2.26. The molecule has 0 aromatic carbocycles. The topological polar surface area (TPSA) is 44.9 Å². The van der Waals surface area contributed by atoms with Gasteiger partial charge in [0.1, 0.15) is 0 Å². The highest BCUT2D eigenvalue weighted by Crippen LogP contribution is 2.15. The molecule has 0 amide bonds. The molecular weight excluding hydrogens is 200 g/mol. The molecule has 1 aliphatic rings. The van der Waals surface area contributed by atoms with Crippen LogP contribution in [0.4, 0.5) is 0 Å². The lowest BCUT2D eigenvalue weighted by Crippen LogP contribution is -2.35. The lowest BCUT2D eigenvalue weighted by molar-refractivity contribution is 0.195. The number of likely N-dealkylation sites (tertiary alicyclic amines) is 1. The molecule has 1 unspecified atom stereocenters. The van der Waals surface area contributed by atoms with Gasteiger partial charge in [0.15, 0.2) is 0 Å². The number of hydrogen-bond donors (Lipinski definition) is 0. The first-order valence-electron chi connectivity index (χ1n) is 5.96. The lowest BCUT2D eigenvalue weighted by Gasteiger charge is -2.29. The van der Waals surface area contributed by atoms with Crippen LogP contribution in [0, 0.1) is 17.2 Å². The van der Waals surface area contributed by atoms with Gasteiger partial charge in [-0.05, 0) is 32.4 Å². The molecule has 1 fully saturated rings. The summed E-state index contributed by atoms with van der Waals surface area (Å²) in [6.45, 7) is 4.23. The average Bonchev–Trinajstić information content (AvgIpc) is 2.82. The van der Waals surface area contributed by atoms with Crippen molar-refractivity contribution in [3.05, 3.63) is 18.7 Å². The van der Waals surface area contributed by atoms with Gasteiger partial charge in [0.05, 0.1) is 18.3 Å². The summed E-state index contributed by atoms with van der Waals surface area (Å²) >= 11 is 0. The average molecular weight is 218 g/mol. The van der Waals surface area contributed by atoms with Crippen molar-refractivity contribution < 1.29 is 0 Å². The smallest absolute Gasteiger partial charge is 0.0945 e. The normalized spacial score (nSPS) is 21.8. The van der Waals surface area contributed by atoms with Gasteiger partial charge in [0.25, 0.3) is 0 Å². The summed E-state index contributed by atoms with van der Waals surface area (Å²) < 4.78 is 2.10. The number of nitriles is 1. The molecule has 16 heavy (non-hydrogen) atoms. The largest absolute Gasteiger partial charge is 0.337 e. The van der Waals surface area contributed by atoms with Crippen molar-refractivity contribution in [2.45, 2.75) is 25.8 Å². The van der Waals surface area contributed by atoms with E-state index in [0.717, 1.165) is 39.0 Å². The summed E-state index contributed by atoms with van der Waals surface area (Å²) in [5.41, 5.74) is 0. The zero-order chi connectivity index (χ0) is 11.2. The molecule has 4 heteroatoms. The molecule has 0 aliphatic carbocycles. The molecule has 0 bridgehead atoms. The molecule has 1 aromatic heterocycles. The third-order valence-corrected chi connectivity index (χ3v) is 3.14. The van der Waals surface area contributed by atoms with Crippen molar-refractivity contribution >= 4 is 0 Å². The van der Waals surface area contributed by atoms with Gasteiger partial charge in [-0.1, -0.05) is 0 Å². The van der Waals surface area contributed by atoms with E-state index in [1.807, 2.05) is 18.7 Å². The first-order chi connectivity index (χ1) is 7.88. The number of imidazole rings is 1. The van der Waals surface area contributed by atoms with Gasteiger partial charge in [-0.25, -0.2) is 4.98 Å². The van der Waals surface area contributed by atoms with Crippen LogP contribution in [-0.2, 0) is 6.54 Å². The van der Waals surface area contributed by atoms with Crippen LogP contribution in [0.3, 0.4) is 0 Å². The third kappa shape index (κ3) is 3.07. The van der Waals surface area contributed by atoms with E-state index in [1.54, 1.807) is 0 Å². The summed E-state index contributed by atoms with van der Waals surface area (Å²) in [5, 5.41) is 8.90. The second-order valence-corrected chi connectivity index (χ2v) is 4.42. The van der Waals surface area contributed by atoms with Crippen molar-refractivity contribution in [3.63, 3.8) is 0 Å². The van der Waals surface area contributed by atoms with Crippen LogP contribution in [0.25, 0.3) is 0 Å². The Labute approximate surface area is 96.5 Å². The molecular formula is C12H18N4. The summed E-state index contributed by atoms with van der Waals surface area (Å²) in [7, 11) is 0. The minimum atomic E-state index is 0.252. The van der Waals surface area contributed by atoms with Crippen LogP contribution in [0.1, 0.15) is 19.3 Å². The monoisotopic (exact) mass is 218 g/mol. The summed E-state index contributed by atoms with van der Waals surface area (Å²) in [5.74, 6) is 0.252. The highest BCUT2D eigenvalue weighted by molar-refractivity contribution is 4.88. The number of aryl methyl sites for hydroxylation is 1. The molecule has 4 nitrogen and oxygen atoms in total. The molecule has 0 saturated carbocycles. The van der Waals surface area contributed by atoms with E-state index in [2.05, 4.69) is 20.5 Å². The first-order valence-corrected chi connectivity index (χ1v) is 5.96. The number of aromatic nitrogens is 2. The highest BCUT2D eigenvalue weighted by Gasteiger charge is 2.18. The van der Waals surface area contributed by atoms with E-state index in [0.29, 0.717) is 0 Å². The molecule has 1 aliphatic heterocycles. The standard InChI is InChI=1S/C12H18N4/c13-9-12-3-1-5-15(10-12)6-2-7-16-8-4-14-11-16/h4,8,11-12H,1-3,5-7,10H2. The van der Waals surface area contributed by atoms with Crippen LogP contribution in [0.2, 0.25) is 0 Å². The molecule has 2 rings (SSSR count). The van der Waals surface area contributed by atoms with E-state index in [-0.39, 0.29) is 5.92 Å². The Morgan fingerprint density at radius 1 is 1.44 bits per heavy atom. The van der Waals surface area contributed by atoms with Gasteiger partial charge in [-0.2, -0.15) is 5.26 Å². The Hall–Kier alpha value is -1.34. The molecule has 2 heterocycles. The Morgan fingerprint density at radius 2 is 2.38 bits per heavy atom. The second-order valence-electron chi connectivity index (χ2n) is 4.42. The van der Waals surface area contributed by atoms with E-state index >= 15 is 0 Å². The number of rotatable bonds is 4. The fraction of sp³-hybridized carbons (Fsp3) is 0.667. The van der Waals surface area contributed by atoms with E-state index in [9.17, 15) is 0 Å².